The first-order chi connectivity index (χ1) is 14.1. The summed E-state index contributed by atoms with van der Waals surface area (Å²) in [6.45, 7) is 2.55. The van der Waals surface area contributed by atoms with Gasteiger partial charge in [0.2, 0.25) is 0 Å². The van der Waals surface area contributed by atoms with Gasteiger partial charge in [-0.2, -0.15) is 0 Å². The van der Waals surface area contributed by atoms with E-state index in [4.69, 9.17) is 13.9 Å². The van der Waals surface area contributed by atoms with Crippen LogP contribution in [0.15, 0.2) is 45.6 Å². The number of phenols is 1. The number of rotatable bonds is 5. The van der Waals surface area contributed by atoms with Crippen LogP contribution in [0.25, 0.3) is 22.1 Å². The highest BCUT2D eigenvalue weighted by atomic mass is 16.5. The fourth-order valence-electron chi connectivity index (χ4n) is 3.93. The topological polar surface area (TPSA) is 72.1 Å². The zero-order valence-electron chi connectivity index (χ0n) is 16.7. The molecule has 4 rings (SSSR count). The molecular weight excluding hydrogens is 370 g/mol. The second kappa shape index (κ2) is 8.17. The quantitative estimate of drug-likeness (QED) is 0.654. The van der Waals surface area contributed by atoms with E-state index in [9.17, 15) is 9.90 Å². The fourth-order valence-corrected chi connectivity index (χ4v) is 3.93. The molecule has 1 saturated heterocycles. The number of nitrogens with zero attached hydrogens (tertiary/aromatic N) is 1. The van der Waals surface area contributed by atoms with Gasteiger partial charge in [-0.25, -0.2) is 4.79 Å². The normalized spacial score (nSPS) is 14.8. The van der Waals surface area contributed by atoms with E-state index in [-0.39, 0.29) is 5.75 Å². The van der Waals surface area contributed by atoms with Gasteiger partial charge in [-0.15, -0.1) is 0 Å². The van der Waals surface area contributed by atoms with Crippen molar-refractivity contribution >= 4 is 11.0 Å². The number of ether oxygens (including phenoxy) is 2. The van der Waals surface area contributed by atoms with Crippen molar-refractivity contribution in [1.29, 1.82) is 0 Å². The minimum absolute atomic E-state index is 0.157. The third-order valence-electron chi connectivity index (χ3n) is 5.51. The van der Waals surface area contributed by atoms with Crippen LogP contribution in [0.3, 0.4) is 0 Å². The molecule has 0 radical (unpaired) electrons. The lowest BCUT2D eigenvalue weighted by atomic mass is 10.0. The largest absolute Gasteiger partial charge is 0.507 e. The molecule has 0 unspecified atom stereocenters. The summed E-state index contributed by atoms with van der Waals surface area (Å²) < 4.78 is 16.3. The molecule has 6 nitrogen and oxygen atoms in total. The van der Waals surface area contributed by atoms with E-state index in [0.717, 1.165) is 31.3 Å². The van der Waals surface area contributed by atoms with Crippen LogP contribution >= 0.6 is 0 Å². The second-order valence-electron chi connectivity index (χ2n) is 7.34. The van der Waals surface area contributed by atoms with Crippen LogP contribution in [-0.2, 0) is 6.54 Å². The number of phenolic OH excluding ortho intramolecular Hbond substituents is 1. The summed E-state index contributed by atoms with van der Waals surface area (Å²) in [7, 11) is 3.12. The summed E-state index contributed by atoms with van der Waals surface area (Å²) in [6, 6.07) is 10.6. The number of aromatic hydroxyl groups is 1. The molecule has 6 heteroatoms. The van der Waals surface area contributed by atoms with Crippen molar-refractivity contribution in [3.63, 3.8) is 0 Å². The number of hydrogen-bond acceptors (Lipinski definition) is 6. The van der Waals surface area contributed by atoms with Crippen molar-refractivity contribution < 1.29 is 19.0 Å². The summed E-state index contributed by atoms with van der Waals surface area (Å²) in [6.07, 6.45) is 3.54. The standard InChI is InChI=1S/C23H25NO5/c1-27-20-9-7-15(13-21(20)28-2)17-12-16-6-8-19(25)18(22(16)29-23(17)26)14-24-10-4-3-5-11-24/h6-9,12-13,25H,3-5,10-11,14H2,1-2H3. The van der Waals surface area contributed by atoms with Crippen molar-refractivity contribution in [2.75, 3.05) is 27.3 Å². The maximum Gasteiger partial charge on any atom is 0.344 e. The van der Waals surface area contributed by atoms with Crippen molar-refractivity contribution in [3.05, 3.63) is 52.4 Å². The molecular formula is C23H25NO5. The Hall–Kier alpha value is -2.99. The number of fused-ring (bicyclic) bond motifs is 1. The zero-order valence-corrected chi connectivity index (χ0v) is 16.7. The smallest absolute Gasteiger partial charge is 0.344 e. The average molecular weight is 395 g/mol. The first kappa shape index (κ1) is 19.3. The molecule has 152 valence electrons. The minimum atomic E-state index is -0.449. The van der Waals surface area contributed by atoms with Gasteiger partial charge in [0, 0.05) is 11.9 Å². The molecule has 2 heterocycles. The van der Waals surface area contributed by atoms with E-state index in [1.54, 1.807) is 44.6 Å². The second-order valence-corrected chi connectivity index (χ2v) is 7.34. The Labute approximate surface area is 169 Å². The Morgan fingerprint density at radius 2 is 1.76 bits per heavy atom. The highest BCUT2D eigenvalue weighted by Crippen LogP contribution is 2.34. The first-order valence-corrected chi connectivity index (χ1v) is 9.84. The van der Waals surface area contributed by atoms with Gasteiger partial charge in [-0.05, 0) is 61.8 Å². The number of likely N-dealkylation sites (tertiary alicyclic amines) is 1. The molecule has 1 aromatic heterocycles. The van der Waals surface area contributed by atoms with Crippen LogP contribution in [0.2, 0.25) is 0 Å². The molecule has 1 N–H and O–H groups in total. The maximum atomic E-state index is 12.8. The Kier molecular flexibility index (Phi) is 5.45. The lowest BCUT2D eigenvalue weighted by Gasteiger charge is -2.26. The van der Waals surface area contributed by atoms with Crippen LogP contribution < -0.4 is 15.1 Å². The first-order valence-electron chi connectivity index (χ1n) is 9.84. The summed E-state index contributed by atoms with van der Waals surface area (Å²) >= 11 is 0. The summed E-state index contributed by atoms with van der Waals surface area (Å²) in [5.41, 5.74) is 1.79. The van der Waals surface area contributed by atoms with E-state index >= 15 is 0 Å². The SMILES string of the molecule is COc1ccc(-c2cc3ccc(O)c(CN4CCCCC4)c3oc2=O)cc1OC. The summed E-state index contributed by atoms with van der Waals surface area (Å²) in [5, 5.41) is 11.2. The number of hydrogen-bond donors (Lipinski definition) is 1. The van der Waals surface area contributed by atoms with Crippen molar-refractivity contribution in [1.82, 2.24) is 4.90 Å². The number of piperidine rings is 1. The van der Waals surface area contributed by atoms with E-state index in [1.807, 2.05) is 6.07 Å². The molecule has 0 aliphatic carbocycles. The molecule has 0 saturated carbocycles. The van der Waals surface area contributed by atoms with Gasteiger partial charge in [0.15, 0.2) is 11.5 Å². The fraction of sp³-hybridized carbons (Fsp3) is 0.348. The Morgan fingerprint density at radius 1 is 1.00 bits per heavy atom. The van der Waals surface area contributed by atoms with Gasteiger partial charge >= 0.3 is 5.63 Å². The van der Waals surface area contributed by atoms with Gasteiger partial charge in [-0.3, -0.25) is 4.90 Å². The van der Waals surface area contributed by atoms with E-state index in [1.165, 1.54) is 6.42 Å². The lowest BCUT2D eigenvalue weighted by Crippen LogP contribution is -2.29. The summed E-state index contributed by atoms with van der Waals surface area (Å²) in [5.74, 6) is 1.29. The van der Waals surface area contributed by atoms with Gasteiger partial charge in [0.1, 0.15) is 11.3 Å². The molecule has 1 aliphatic rings. The predicted octanol–water partition coefficient (Wildman–Crippen LogP) is 4.17. The Balaban J connectivity index is 1.78. The van der Waals surface area contributed by atoms with Crippen molar-refractivity contribution in [2.45, 2.75) is 25.8 Å². The third-order valence-corrected chi connectivity index (χ3v) is 5.51. The van der Waals surface area contributed by atoms with Crippen molar-refractivity contribution in [2.24, 2.45) is 0 Å². The molecule has 2 aromatic carbocycles. The molecule has 0 amide bonds. The zero-order chi connectivity index (χ0) is 20.4. The number of benzene rings is 2. The van der Waals surface area contributed by atoms with Gasteiger partial charge in [-0.1, -0.05) is 12.5 Å². The van der Waals surface area contributed by atoms with Crippen LogP contribution in [0, 0.1) is 0 Å². The van der Waals surface area contributed by atoms with E-state index in [2.05, 4.69) is 4.90 Å². The summed E-state index contributed by atoms with van der Waals surface area (Å²) in [4.78, 5) is 15.1. The van der Waals surface area contributed by atoms with Gasteiger partial charge < -0.3 is 19.0 Å². The van der Waals surface area contributed by atoms with Crippen LogP contribution in [0.1, 0.15) is 24.8 Å². The molecule has 3 aromatic rings. The highest BCUT2D eigenvalue weighted by Gasteiger charge is 2.18. The minimum Gasteiger partial charge on any atom is -0.507 e. The molecule has 0 bridgehead atoms. The van der Waals surface area contributed by atoms with Crippen molar-refractivity contribution in [3.8, 4) is 28.4 Å². The van der Waals surface area contributed by atoms with Gasteiger partial charge in [0.05, 0.1) is 25.3 Å². The van der Waals surface area contributed by atoms with Crippen LogP contribution in [0.4, 0.5) is 0 Å². The van der Waals surface area contributed by atoms with Crippen LogP contribution in [0.5, 0.6) is 17.2 Å². The highest BCUT2D eigenvalue weighted by molar-refractivity contribution is 5.86. The molecule has 1 aliphatic heterocycles. The lowest BCUT2D eigenvalue weighted by molar-refractivity contribution is 0.218. The van der Waals surface area contributed by atoms with E-state index < -0.39 is 5.63 Å². The maximum absolute atomic E-state index is 12.8. The Bertz CT molecular complexity index is 1080. The molecule has 0 spiro atoms. The predicted molar refractivity (Wildman–Crippen MR) is 112 cm³/mol. The van der Waals surface area contributed by atoms with Crippen LogP contribution in [-0.4, -0.2) is 37.3 Å². The monoisotopic (exact) mass is 395 g/mol. The number of methoxy groups -OCH3 is 2. The third kappa shape index (κ3) is 3.80. The van der Waals surface area contributed by atoms with Gasteiger partial charge in [0.25, 0.3) is 0 Å². The average Bonchev–Trinajstić information content (AvgIpc) is 2.76. The Morgan fingerprint density at radius 3 is 2.48 bits per heavy atom. The molecule has 0 atom stereocenters. The molecule has 1 fully saturated rings. The molecule has 29 heavy (non-hydrogen) atoms. The van der Waals surface area contributed by atoms with E-state index in [0.29, 0.717) is 40.3 Å².